The summed E-state index contributed by atoms with van der Waals surface area (Å²) in [6, 6.07) is 1.72. The fourth-order valence-corrected chi connectivity index (χ4v) is 1.99. The summed E-state index contributed by atoms with van der Waals surface area (Å²) in [6.07, 6.45) is 3.63. The lowest BCUT2D eigenvalue weighted by atomic mass is 10.3. The molecule has 2 aromatic heterocycles. The Morgan fingerprint density at radius 2 is 2.50 bits per heavy atom. The third-order valence-electron chi connectivity index (χ3n) is 2.04. The number of nitrogens with zero attached hydrogens (tertiary/aromatic N) is 1. The van der Waals surface area contributed by atoms with Crippen LogP contribution in [0.25, 0.3) is 0 Å². The lowest BCUT2D eigenvalue weighted by Crippen LogP contribution is -2.11. The third kappa shape index (κ3) is 3.20. The van der Waals surface area contributed by atoms with Crippen molar-refractivity contribution in [2.75, 3.05) is 11.9 Å². The topological polar surface area (TPSA) is 78.0 Å². The Morgan fingerprint density at radius 3 is 3.22 bits per heavy atom. The minimum Gasteiger partial charge on any atom is -0.395 e. The van der Waals surface area contributed by atoms with E-state index in [2.05, 4.69) is 27.1 Å². The number of hydrogen-bond donors (Lipinski definition) is 3. The van der Waals surface area contributed by atoms with E-state index < -0.39 is 0 Å². The zero-order valence-corrected chi connectivity index (χ0v) is 10.3. The van der Waals surface area contributed by atoms with Gasteiger partial charge in [-0.1, -0.05) is 11.8 Å². The second-order valence-electron chi connectivity index (χ2n) is 3.37. The first kappa shape index (κ1) is 12.4. The smallest absolute Gasteiger partial charge is 0.258 e. The van der Waals surface area contributed by atoms with Crippen LogP contribution >= 0.6 is 11.3 Å². The monoisotopic (exact) mass is 261 g/mol. The Hall–Kier alpha value is -2.10. The summed E-state index contributed by atoms with van der Waals surface area (Å²) in [5.74, 6) is 5.88. The number of aromatic amines is 1. The Bertz CT molecular complexity index is 578. The van der Waals surface area contributed by atoms with Crippen molar-refractivity contribution in [3.63, 3.8) is 0 Å². The highest BCUT2D eigenvalue weighted by atomic mass is 32.1. The summed E-state index contributed by atoms with van der Waals surface area (Å²) in [7, 11) is 0. The predicted molar refractivity (Wildman–Crippen MR) is 69.4 cm³/mol. The van der Waals surface area contributed by atoms with Crippen LogP contribution in [-0.2, 0) is 0 Å². The van der Waals surface area contributed by atoms with Crippen LogP contribution in [0.5, 0.6) is 0 Å². The number of H-pyrrole nitrogens is 1. The molecular weight excluding hydrogens is 250 g/mol. The molecule has 92 valence electrons. The SMILES string of the molecule is O=C(Nc1ncc[nH]1)c1csc(C#CCCO)c1. The molecule has 0 aliphatic rings. The summed E-state index contributed by atoms with van der Waals surface area (Å²) in [5.41, 5.74) is 0.546. The Labute approximate surface area is 108 Å². The maximum atomic E-state index is 11.8. The van der Waals surface area contributed by atoms with Crippen LogP contribution < -0.4 is 5.32 Å². The van der Waals surface area contributed by atoms with Crippen molar-refractivity contribution in [2.24, 2.45) is 0 Å². The average Bonchev–Trinajstić information content (AvgIpc) is 3.00. The highest BCUT2D eigenvalue weighted by molar-refractivity contribution is 7.10. The van der Waals surface area contributed by atoms with Gasteiger partial charge in [-0.05, 0) is 6.07 Å². The van der Waals surface area contributed by atoms with E-state index in [4.69, 9.17) is 5.11 Å². The third-order valence-corrected chi connectivity index (χ3v) is 2.89. The number of hydrogen-bond acceptors (Lipinski definition) is 4. The molecule has 6 heteroatoms. The number of thiophene rings is 1. The van der Waals surface area contributed by atoms with Gasteiger partial charge in [-0.3, -0.25) is 10.1 Å². The van der Waals surface area contributed by atoms with Crippen LogP contribution in [0.1, 0.15) is 21.7 Å². The van der Waals surface area contributed by atoms with Crippen molar-refractivity contribution in [3.05, 3.63) is 34.3 Å². The highest BCUT2D eigenvalue weighted by Gasteiger charge is 2.09. The van der Waals surface area contributed by atoms with E-state index in [1.54, 1.807) is 23.8 Å². The normalized spacial score (nSPS) is 9.61. The van der Waals surface area contributed by atoms with E-state index in [1.807, 2.05) is 0 Å². The second kappa shape index (κ2) is 6.00. The van der Waals surface area contributed by atoms with Crippen LogP contribution in [0.2, 0.25) is 0 Å². The van der Waals surface area contributed by atoms with Gasteiger partial charge in [-0.15, -0.1) is 11.3 Å². The Balaban J connectivity index is 2.02. The van der Waals surface area contributed by atoms with Gasteiger partial charge >= 0.3 is 0 Å². The van der Waals surface area contributed by atoms with Crippen LogP contribution in [0, 0.1) is 11.8 Å². The van der Waals surface area contributed by atoms with Crippen molar-refractivity contribution in [2.45, 2.75) is 6.42 Å². The van der Waals surface area contributed by atoms with Crippen molar-refractivity contribution in [3.8, 4) is 11.8 Å². The lowest BCUT2D eigenvalue weighted by molar-refractivity contribution is 0.102. The van der Waals surface area contributed by atoms with Crippen LogP contribution in [0.15, 0.2) is 23.8 Å². The van der Waals surface area contributed by atoms with Gasteiger partial charge in [0.25, 0.3) is 5.91 Å². The van der Waals surface area contributed by atoms with E-state index in [0.717, 1.165) is 4.88 Å². The summed E-state index contributed by atoms with van der Waals surface area (Å²) in [4.78, 5) is 19.3. The predicted octanol–water partition coefficient (Wildman–Crippen LogP) is 1.46. The zero-order valence-electron chi connectivity index (χ0n) is 9.43. The highest BCUT2D eigenvalue weighted by Crippen LogP contribution is 2.14. The number of aromatic nitrogens is 2. The molecule has 0 atom stereocenters. The van der Waals surface area contributed by atoms with Gasteiger partial charge in [0.1, 0.15) is 0 Å². The molecule has 0 aliphatic heterocycles. The first-order valence-corrected chi connectivity index (χ1v) is 6.16. The number of aliphatic hydroxyl groups excluding tert-OH is 1. The largest absolute Gasteiger partial charge is 0.395 e. The molecule has 0 aliphatic carbocycles. The molecular formula is C12H11N3O2S. The summed E-state index contributed by atoms with van der Waals surface area (Å²) in [5, 5.41) is 13.0. The van der Waals surface area contributed by atoms with Crippen molar-refractivity contribution in [1.82, 2.24) is 9.97 Å². The second-order valence-corrected chi connectivity index (χ2v) is 4.28. The number of rotatable bonds is 3. The molecule has 0 unspecified atom stereocenters. The van der Waals surface area contributed by atoms with E-state index in [9.17, 15) is 4.79 Å². The van der Waals surface area contributed by atoms with Crippen LogP contribution in [0.4, 0.5) is 5.95 Å². The molecule has 2 rings (SSSR count). The fraction of sp³-hybridized carbons (Fsp3) is 0.167. The van der Waals surface area contributed by atoms with Crippen molar-refractivity contribution >= 4 is 23.2 Å². The number of carbonyl (C=O) groups is 1. The van der Waals surface area contributed by atoms with Gasteiger partial charge in [0.2, 0.25) is 5.95 Å². The molecule has 0 fully saturated rings. The molecule has 1 amide bonds. The first-order chi connectivity index (χ1) is 8.79. The molecule has 0 saturated carbocycles. The number of imidazole rings is 1. The number of aliphatic hydroxyl groups is 1. The maximum Gasteiger partial charge on any atom is 0.258 e. The van der Waals surface area contributed by atoms with Gasteiger partial charge in [0.15, 0.2) is 0 Å². The first-order valence-electron chi connectivity index (χ1n) is 5.28. The Kier molecular flexibility index (Phi) is 4.12. The lowest BCUT2D eigenvalue weighted by Gasteiger charge is -1.97. The van der Waals surface area contributed by atoms with Gasteiger partial charge in [0, 0.05) is 24.2 Å². The minimum absolute atomic E-state index is 0.0458. The summed E-state index contributed by atoms with van der Waals surface area (Å²) in [6.45, 7) is 0.0458. The molecule has 18 heavy (non-hydrogen) atoms. The van der Waals surface area contributed by atoms with E-state index in [1.165, 1.54) is 11.3 Å². The maximum absolute atomic E-state index is 11.8. The van der Waals surface area contributed by atoms with Crippen LogP contribution in [-0.4, -0.2) is 27.6 Å². The van der Waals surface area contributed by atoms with Gasteiger partial charge in [-0.2, -0.15) is 0 Å². The van der Waals surface area contributed by atoms with Crippen molar-refractivity contribution in [1.29, 1.82) is 0 Å². The molecule has 0 saturated heterocycles. The number of nitrogens with one attached hydrogen (secondary N) is 2. The van der Waals surface area contributed by atoms with E-state index in [-0.39, 0.29) is 12.5 Å². The standard InChI is InChI=1S/C12H11N3O2S/c16-6-2-1-3-10-7-9(8-18-10)11(17)15-12-13-4-5-14-12/h4-5,7-8,16H,2,6H2,(H2,13,14,15,17). The molecule has 2 aromatic rings. The average molecular weight is 261 g/mol. The van der Waals surface area contributed by atoms with E-state index >= 15 is 0 Å². The van der Waals surface area contributed by atoms with Gasteiger partial charge in [-0.25, -0.2) is 4.98 Å². The minimum atomic E-state index is -0.226. The van der Waals surface area contributed by atoms with E-state index in [0.29, 0.717) is 17.9 Å². The summed E-state index contributed by atoms with van der Waals surface area (Å²) >= 11 is 1.39. The van der Waals surface area contributed by atoms with Crippen molar-refractivity contribution < 1.29 is 9.90 Å². The van der Waals surface area contributed by atoms with Gasteiger partial charge < -0.3 is 10.1 Å². The van der Waals surface area contributed by atoms with Gasteiger partial charge in [0.05, 0.1) is 17.0 Å². The number of carbonyl (C=O) groups excluding carboxylic acids is 1. The number of anilines is 1. The molecule has 3 N–H and O–H groups in total. The molecule has 0 spiro atoms. The molecule has 0 radical (unpaired) electrons. The molecule has 2 heterocycles. The van der Waals surface area contributed by atoms with Crippen LogP contribution in [0.3, 0.4) is 0 Å². The Morgan fingerprint density at radius 1 is 1.61 bits per heavy atom. The number of amides is 1. The zero-order chi connectivity index (χ0) is 12.8. The molecule has 0 bridgehead atoms. The fourth-order valence-electron chi connectivity index (χ4n) is 1.24. The summed E-state index contributed by atoms with van der Waals surface area (Å²) < 4.78 is 0. The molecule has 0 aromatic carbocycles. The quantitative estimate of drug-likeness (QED) is 0.732. The molecule has 5 nitrogen and oxygen atoms in total.